The molecule has 21 heavy (non-hydrogen) atoms. The molecule has 1 rings (SSSR count). The first-order valence-electron chi connectivity index (χ1n) is 8.06. The molecule has 0 aromatic heterocycles. The summed E-state index contributed by atoms with van der Waals surface area (Å²) in [7, 11) is 3.48. The summed E-state index contributed by atoms with van der Waals surface area (Å²) in [6.07, 6.45) is 4.55. The van der Waals surface area contributed by atoms with Gasteiger partial charge in [0, 0.05) is 19.8 Å². The standard InChI is InChI=1S/C18H31NO2/c1-5-13-19-18(15(2)12-14-20-3)11-8-16-6-9-17(21-4)10-7-16/h6-7,9-10,15,18-19H,5,8,11-14H2,1-4H3. The number of rotatable bonds is 11. The van der Waals surface area contributed by atoms with Crippen LogP contribution in [0.1, 0.15) is 38.7 Å². The zero-order valence-corrected chi connectivity index (χ0v) is 14.0. The van der Waals surface area contributed by atoms with E-state index in [4.69, 9.17) is 9.47 Å². The van der Waals surface area contributed by atoms with Gasteiger partial charge < -0.3 is 14.8 Å². The lowest BCUT2D eigenvalue weighted by Gasteiger charge is -2.25. The highest BCUT2D eigenvalue weighted by atomic mass is 16.5. The topological polar surface area (TPSA) is 30.5 Å². The Morgan fingerprint density at radius 2 is 1.81 bits per heavy atom. The van der Waals surface area contributed by atoms with Gasteiger partial charge in [0.2, 0.25) is 0 Å². The number of benzene rings is 1. The highest BCUT2D eigenvalue weighted by Gasteiger charge is 2.16. The van der Waals surface area contributed by atoms with E-state index < -0.39 is 0 Å². The zero-order valence-electron chi connectivity index (χ0n) is 14.0. The fourth-order valence-electron chi connectivity index (χ4n) is 2.54. The smallest absolute Gasteiger partial charge is 0.118 e. The summed E-state index contributed by atoms with van der Waals surface area (Å²) >= 11 is 0. The Labute approximate surface area is 130 Å². The number of hydrogen-bond acceptors (Lipinski definition) is 3. The average Bonchev–Trinajstić information content (AvgIpc) is 2.53. The zero-order chi connectivity index (χ0) is 15.5. The molecular formula is C18H31NO2. The second kappa shape index (κ2) is 10.6. The molecule has 0 saturated heterocycles. The number of methoxy groups -OCH3 is 2. The van der Waals surface area contributed by atoms with E-state index in [1.54, 1.807) is 14.2 Å². The second-order valence-electron chi connectivity index (χ2n) is 5.71. The third-order valence-corrected chi connectivity index (χ3v) is 4.02. The van der Waals surface area contributed by atoms with E-state index in [9.17, 15) is 0 Å². The Hall–Kier alpha value is -1.06. The minimum absolute atomic E-state index is 0.558. The SMILES string of the molecule is CCCNC(CCc1ccc(OC)cc1)C(C)CCOC. The van der Waals surface area contributed by atoms with Crippen LogP contribution in [-0.2, 0) is 11.2 Å². The second-order valence-corrected chi connectivity index (χ2v) is 5.71. The Balaban J connectivity index is 2.50. The molecule has 0 aliphatic rings. The molecule has 2 atom stereocenters. The third kappa shape index (κ3) is 6.96. The van der Waals surface area contributed by atoms with Crippen molar-refractivity contribution in [2.24, 2.45) is 5.92 Å². The van der Waals surface area contributed by atoms with Crippen LogP contribution in [0, 0.1) is 5.92 Å². The molecular weight excluding hydrogens is 262 g/mol. The molecule has 0 fully saturated rings. The van der Waals surface area contributed by atoms with Crippen molar-refractivity contribution in [2.75, 3.05) is 27.4 Å². The summed E-state index contributed by atoms with van der Waals surface area (Å²) in [5.74, 6) is 1.56. The molecule has 120 valence electrons. The van der Waals surface area contributed by atoms with Crippen LogP contribution in [0.4, 0.5) is 0 Å². The van der Waals surface area contributed by atoms with Crippen molar-refractivity contribution in [1.82, 2.24) is 5.32 Å². The highest BCUT2D eigenvalue weighted by Crippen LogP contribution is 2.17. The largest absolute Gasteiger partial charge is 0.497 e. The minimum Gasteiger partial charge on any atom is -0.497 e. The first-order valence-corrected chi connectivity index (χ1v) is 8.06. The van der Waals surface area contributed by atoms with Gasteiger partial charge >= 0.3 is 0 Å². The van der Waals surface area contributed by atoms with Crippen LogP contribution in [-0.4, -0.2) is 33.4 Å². The summed E-state index contributed by atoms with van der Waals surface area (Å²) < 4.78 is 10.4. The summed E-state index contributed by atoms with van der Waals surface area (Å²) in [5.41, 5.74) is 1.37. The quantitative estimate of drug-likeness (QED) is 0.675. The molecule has 3 heteroatoms. The summed E-state index contributed by atoms with van der Waals surface area (Å²) in [5, 5.41) is 3.69. The van der Waals surface area contributed by atoms with Crippen molar-refractivity contribution < 1.29 is 9.47 Å². The highest BCUT2D eigenvalue weighted by molar-refractivity contribution is 5.27. The van der Waals surface area contributed by atoms with Crippen LogP contribution in [0.5, 0.6) is 5.75 Å². The fraction of sp³-hybridized carbons (Fsp3) is 0.667. The van der Waals surface area contributed by atoms with E-state index >= 15 is 0 Å². The van der Waals surface area contributed by atoms with Crippen molar-refractivity contribution >= 4 is 0 Å². The molecule has 0 radical (unpaired) electrons. The predicted octanol–water partition coefficient (Wildman–Crippen LogP) is 3.67. The molecule has 0 heterocycles. The van der Waals surface area contributed by atoms with Crippen LogP contribution >= 0.6 is 0 Å². The summed E-state index contributed by atoms with van der Waals surface area (Å²) in [6.45, 7) is 6.46. The number of hydrogen-bond donors (Lipinski definition) is 1. The van der Waals surface area contributed by atoms with Crippen molar-refractivity contribution in [2.45, 2.75) is 45.6 Å². The van der Waals surface area contributed by atoms with Gasteiger partial charge in [0.1, 0.15) is 5.75 Å². The number of aryl methyl sites for hydroxylation is 1. The molecule has 0 amide bonds. The van der Waals surface area contributed by atoms with Crippen molar-refractivity contribution in [3.8, 4) is 5.75 Å². The molecule has 1 aromatic carbocycles. The lowest BCUT2D eigenvalue weighted by Crippen LogP contribution is -2.36. The number of nitrogens with one attached hydrogen (secondary N) is 1. The Bertz CT molecular complexity index is 364. The maximum atomic E-state index is 5.21. The lowest BCUT2D eigenvalue weighted by molar-refractivity contribution is 0.168. The summed E-state index contributed by atoms with van der Waals surface area (Å²) in [4.78, 5) is 0. The van der Waals surface area contributed by atoms with Crippen LogP contribution in [0.2, 0.25) is 0 Å². The minimum atomic E-state index is 0.558. The van der Waals surface area contributed by atoms with Gasteiger partial charge in [0.15, 0.2) is 0 Å². The van der Waals surface area contributed by atoms with Gasteiger partial charge in [-0.25, -0.2) is 0 Å². The predicted molar refractivity (Wildman–Crippen MR) is 89.1 cm³/mol. The van der Waals surface area contributed by atoms with E-state index in [2.05, 4.69) is 31.3 Å². The summed E-state index contributed by atoms with van der Waals surface area (Å²) in [6, 6.07) is 8.96. The Morgan fingerprint density at radius 3 is 2.38 bits per heavy atom. The fourth-order valence-corrected chi connectivity index (χ4v) is 2.54. The van der Waals surface area contributed by atoms with Crippen LogP contribution in [0.25, 0.3) is 0 Å². The van der Waals surface area contributed by atoms with Gasteiger partial charge in [-0.05, 0) is 55.8 Å². The number of ether oxygens (including phenoxy) is 2. The van der Waals surface area contributed by atoms with E-state index in [1.807, 2.05) is 12.1 Å². The molecule has 0 bridgehead atoms. The van der Waals surface area contributed by atoms with Crippen LogP contribution in [0.15, 0.2) is 24.3 Å². The van der Waals surface area contributed by atoms with E-state index in [0.717, 1.165) is 38.2 Å². The van der Waals surface area contributed by atoms with Crippen molar-refractivity contribution in [3.05, 3.63) is 29.8 Å². The molecule has 3 nitrogen and oxygen atoms in total. The third-order valence-electron chi connectivity index (χ3n) is 4.02. The average molecular weight is 293 g/mol. The van der Waals surface area contributed by atoms with Gasteiger partial charge in [-0.1, -0.05) is 26.0 Å². The maximum Gasteiger partial charge on any atom is 0.118 e. The molecule has 0 saturated carbocycles. The maximum absolute atomic E-state index is 5.21. The first kappa shape index (κ1) is 18.0. The van der Waals surface area contributed by atoms with E-state index in [1.165, 1.54) is 12.0 Å². The molecule has 0 aliphatic heterocycles. The molecule has 1 aromatic rings. The molecule has 0 aliphatic carbocycles. The van der Waals surface area contributed by atoms with E-state index in [-0.39, 0.29) is 0 Å². The Morgan fingerprint density at radius 1 is 1.10 bits per heavy atom. The van der Waals surface area contributed by atoms with Crippen LogP contribution in [0.3, 0.4) is 0 Å². The van der Waals surface area contributed by atoms with Crippen molar-refractivity contribution in [1.29, 1.82) is 0 Å². The van der Waals surface area contributed by atoms with Gasteiger partial charge in [0.05, 0.1) is 7.11 Å². The van der Waals surface area contributed by atoms with Gasteiger partial charge in [-0.15, -0.1) is 0 Å². The monoisotopic (exact) mass is 293 g/mol. The lowest BCUT2D eigenvalue weighted by atomic mass is 9.92. The Kier molecular flexibility index (Phi) is 9.11. The van der Waals surface area contributed by atoms with E-state index in [0.29, 0.717) is 12.0 Å². The molecule has 2 unspecified atom stereocenters. The molecule has 1 N–H and O–H groups in total. The van der Waals surface area contributed by atoms with Gasteiger partial charge in [-0.3, -0.25) is 0 Å². The van der Waals surface area contributed by atoms with Gasteiger partial charge in [-0.2, -0.15) is 0 Å². The van der Waals surface area contributed by atoms with Crippen LogP contribution < -0.4 is 10.1 Å². The molecule has 0 spiro atoms. The normalized spacial score (nSPS) is 13.9. The van der Waals surface area contributed by atoms with Crippen molar-refractivity contribution in [3.63, 3.8) is 0 Å². The van der Waals surface area contributed by atoms with Gasteiger partial charge in [0.25, 0.3) is 0 Å². The first-order chi connectivity index (χ1) is 10.2.